The lowest BCUT2D eigenvalue weighted by molar-refractivity contribution is 0.0687. The second-order valence-electron chi connectivity index (χ2n) is 3.69. The Balaban J connectivity index is 2.62. The van der Waals surface area contributed by atoms with Crippen molar-refractivity contribution in [2.24, 2.45) is 0 Å². The molecule has 0 aliphatic heterocycles. The van der Waals surface area contributed by atoms with E-state index in [1.807, 2.05) is 0 Å². The van der Waals surface area contributed by atoms with Gasteiger partial charge in [0.25, 0.3) is 0 Å². The van der Waals surface area contributed by atoms with Crippen LogP contribution in [0.15, 0.2) is 5.51 Å². The lowest BCUT2D eigenvalue weighted by Gasteiger charge is -2.20. The first-order chi connectivity index (χ1) is 8.69. The third kappa shape index (κ3) is 4.69. The van der Waals surface area contributed by atoms with Gasteiger partial charge in [0.05, 0.1) is 23.6 Å². The maximum absolute atomic E-state index is 11.0. The summed E-state index contributed by atoms with van der Waals surface area (Å²) in [5, 5.41) is 9.00. The molecule has 0 bridgehead atoms. The Morgan fingerprint density at radius 2 is 2.00 bits per heavy atom. The van der Waals surface area contributed by atoms with E-state index in [0.717, 1.165) is 18.0 Å². The first-order valence-electron chi connectivity index (χ1n) is 5.55. The number of carboxylic acid groups (broad SMARTS) is 1. The number of ether oxygens (including phenoxy) is 2. The summed E-state index contributed by atoms with van der Waals surface area (Å²) in [5.74, 6) is -0.982. The summed E-state index contributed by atoms with van der Waals surface area (Å²) in [5.41, 5.74) is 1.70. The van der Waals surface area contributed by atoms with Crippen LogP contribution in [-0.4, -0.2) is 61.5 Å². The largest absolute Gasteiger partial charge is 0.476 e. The van der Waals surface area contributed by atoms with Gasteiger partial charge in [-0.1, -0.05) is 0 Å². The van der Waals surface area contributed by atoms with E-state index in [4.69, 9.17) is 14.6 Å². The molecule has 0 aromatic carbocycles. The number of carboxylic acids is 1. The Labute approximate surface area is 110 Å². The lowest BCUT2D eigenvalue weighted by atomic mass is 10.3. The highest BCUT2D eigenvalue weighted by molar-refractivity contribution is 7.09. The Morgan fingerprint density at radius 3 is 2.50 bits per heavy atom. The van der Waals surface area contributed by atoms with Crippen molar-refractivity contribution in [2.75, 3.05) is 40.5 Å². The minimum Gasteiger partial charge on any atom is -0.476 e. The van der Waals surface area contributed by atoms with Crippen LogP contribution < -0.4 is 0 Å². The van der Waals surface area contributed by atoms with Crippen LogP contribution >= 0.6 is 11.3 Å². The van der Waals surface area contributed by atoms with Crippen LogP contribution in [0.1, 0.15) is 15.4 Å². The molecule has 1 aromatic rings. The molecule has 0 fully saturated rings. The van der Waals surface area contributed by atoms with Gasteiger partial charge < -0.3 is 14.6 Å². The van der Waals surface area contributed by atoms with E-state index in [2.05, 4.69) is 9.88 Å². The molecule has 1 heterocycles. The van der Waals surface area contributed by atoms with E-state index in [9.17, 15) is 4.79 Å². The van der Waals surface area contributed by atoms with Gasteiger partial charge in [-0.3, -0.25) is 4.90 Å². The third-order valence-corrected chi connectivity index (χ3v) is 3.25. The zero-order valence-corrected chi connectivity index (χ0v) is 11.4. The van der Waals surface area contributed by atoms with Crippen molar-refractivity contribution < 1.29 is 19.4 Å². The molecule has 0 aliphatic rings. The van der Waals surface area contributed by atoms with Gasteiger partial charge in [0.1, 0.15) is 0 Å². The number of rotatable bonds is 9. The molecule has 0 spiro atoms. The number of hydrogen-bond donors (Lipinski definition) is 1. The molecule has 0 radical (unpaired) electrons. The summed E-state index contributed by atoms with van der Waals surface area (Å²) in [6, 6.07) is 0. The van der Waals surface area contributed by atoms with Gasteiger partial charge in [-0.05, 0) is 0 Å². The number of aromatic nitrogens is 1. The number of nitrogens with zero attached hydrogens (tertiary/aromatic N) is 2. The minimum atomic E-state index is -0.982. The van der Waals surface area contributed by atoms with Crippen LogP contribution in [0.3, 0.4) is 0 Å². The predicted octanol–water partition coefficient (Wildman–Crippen LogP) is 0.936. The van der Waals surface area contributed by atoms with E-state index in [-0.39, 0.29) is 5.69 Å². The standard InChI is InChI=1S/C11H18N2O4S/c1-16-5-3-13(4-6-17-2)7-9-10(11(14)15)12-8-18-9/h8H,3-7H2,1-2H3,(H,14,15). The van der Waals surface area contributed by atoms with Crippen LogP contribution in [0.2, 0.25) is 0 Å². The third-order valence-electron chi connectivity index (χ3n) is 2.43. The second kappa shape index (κ2) is 8.15. The maximum atomic E-state index is 11.0. The first kappa shape index (κ1) is 15.0. The van der Waals surface area contributed by atoms with E-state index >= 15 is 0 Å². The van der Waals surface area contributed by atoms with Gasteiger partial charge in [0.2, 0.25) is 0 Å². The lowest BCUT2D eigenvalue weighted by Crippen LogP contribution is -2.30. The molecule has 0 saturated carbocycles. The molecule has 0 unspecified atom stereocenters. The van der Waals surface area contributed by atoms with Crippen molar-refractivity contribution in [1.82, 2.24) is 9.88 Å². The summed E-state index contributed by atoms with van der Waals surface area (Å²) in [7, 11) is 3.29. The van der Waals surface area contributed by atoms with Crippen LogP contribution in [0.5, 0.6) is 0 Å². The Hall–Kier alpha value is -1.02. The maximum Gasteiger partial charge on any atom is 0.355 e. The number of aromatic carboxylic acids is 1. The summed E-state index contributed by atoms with van der Waals surface area (Å²) >= 11 is 1.36. The molecule has 6 nitrogen and oxygen atoms in total. The molecule has 1 aromatic heterocycles. The highest BCUT2D eigenvalue weighted by Crippen LogP contribution is 2.16. The average molecular weight is 274 g/mol. The zero-order chi connectivity index (χ0) is 13.4. The molecule has 7 heteroatoms. The van der Waals surface area contributed by atoms with E-state index < -0.39 is 5.97 Å². The normalized spacial score (nSPS) is 11.1. The first-order valence-corrected chi connectivity index (χ1v) is 6.43. The average Bonchev–Trinajstić information content (AvgIpc) is 2.80. The predicted molar refractivity (Wildman–Crippen MR) is 68.1 cm³/mol. The van der Waals surface area contributed by atoms with Gasteiger partial charge in [0, 0.05) is 33.9 Å². The molecule has 1 rings (SSSR count). The SMILES string of the molecule is COCCN(CCOC)Cc1scnc1C(=O)O. The van der Waals surface area contributed by atoms with Crippen molar-refractivity contribution in [3.63, 3.8) is 0 Å². The van der Waals surface area contributed by atoms with E-state index in [1.165, 1.54) is 11.3 Å². The Bertz CT molecular complexity index is 362. The van der Waals surface area contributed by atoms with Gasteiger partial charge in [-0.15, -0.1) is 11.3 Å². The monoisotopic (exact) mass is 274 g/mol. The van der Waals surface area contributed by atoms with Gasteiger partial charge >= 0.3 is 5.97 Å². The Kier molecular flexibility index (Phi) is 6.81. The van der Waals surface area contributed by atoms with Crippen LogP contribution in [0, 0.1) is 0 Å². The van der Waals surface area contributed by atoms with E-state index in [0.29, 0.717) is 19.8 Å². The van der Waals surface area contributed by atoms with Crippen molar-refractivity contribution in [3.05, 3.63) is 16.1 Å². The smallest absolute Gasteiger partial charge is 0.355 e. The van der Waals surface area contributed by atoms with Gasteiger partial charge in [-0.2, -0.15) is 0 Å². The number of methoxy groups -OCH3 is 2. The highest BCUT2D eigenvalue weighted by Gasteiger charge is 2.16. The Morgan fingerprint density at radius 1 is 1.39 bits per heavy atom. The quantitative estimate of drug-likeness (QED) is 0.722. The molecule has 102 valence electrons. The molecule has 18 heavy (non-hydrogen) atoms. The summed E-state index contributed by atoms with van der Waals surface area (Å²) in [6.07, 6.45) is 0. The number of thiazole rings is 1. The van der Waals surface area contributed by atoms with Crippen LogP contribution in [0.4, 0.5) is 0 Å². The number of hydrogen-bond acceptors (Lipinski definition) is 6. The molecule has 0 amide bonds. The molecular formula is C11H18N2O4S. The van der Waals surface area contributed by atoms with Crippen molar-refractivity contribution in [3.8, 4) is 0 Å². The van der Waals surface area contributed by atoms with E-state index in [1.54, 1.807) is 19.7 Å². The fourth-order valence-electron chi connectivity index (χ4n) is 1.47. The summed E-state index contributed by atoms with van der Waals surface area (Å²) in [4.78, 5) is 17.7. The van der Waals surface area contributed by atoms with Gasteiger partial charge in [-0.25, -0.2) is 9.78 Å². The molecular weight excluding hydrogens is 256 g/mol. The molecule has 1 N–H and O–H groups in total. The minimum absolute atomic E-state index is 0.139. The molecule has 0 aliphatic carbocycles. The fraction of sp³-hybridized carbons (Fsp3) is 0.636. The summed E-state index contributed by atoms with van der Waals surface area (Å²) in [6.45, 7) is 3.22. The molecule has 0 saturated heterocycles. The molecule has 0 atom stereocenters. The van der Waals surface area contributed by atoms with Crippen molar-refractivity contribution in [2.45, 2.75) is 6.54 Å². The zero-order valence-electron chi connectivity index (χ0n) is 10.6. The fourth-order valence-corrected chi connectivity index (χ4v) is 2.27. The van der Waals surface area contributed by atoms with Crippen molar-refractivity contribution in [1.29, 1.82) is 0 Å². The second-order valence-corrected chi connectivity index (χ2v) is 4.63. The van der Waals surface area contributed by atoms with Crippen LogP contribution in [-0.2, 0) is 16.0 Å². The summed E-state index contributed by atoms with van der Waals surface area (Å²) < 4.78 is 10.1. The number of carbonyl (C=O) groups is 1. The topological polar surface area (TPSA) is 71.9 Å². The van der Waals surface area contributed by atoms with Crippen LogP contribution in [0.25, 0.3) is 0 Å². The van der Waals surface area contributed by atoms with Crippen molar-refractivity contribution >= 4 is 17.3 Å². The highest BCUT2D eigenvalue weighted by atomic mass is 32.1. The van der Waals surface area contributed by atoms with Gasteiger partial charge in [0.15, 0.2) is 5.69 Å².